The molecule has 0 atom stereocenters. The number of allylic oxidation sites excluding steroid dienone is 2. The first-order valence-corrected chi connectivity index (χ1v) is 10.5. The number of hydrogen-bond donors (Lipinski definition) is 0. The maximum Gasteiger partial charge on any atom is 0.108 e. The van der Waals surface area contributed by atoms with Crippen molar-refractivity contribution < 1.29 is 0 Å². The number of aliphatic imine (C=N–C) groups is 1. The van der Waals surface area contributed by atoms with E-state index in [-0.39, 0.29) is 0 Å². The lowest BCUT2D eigenvalue weighted by atomic mass is 10.2. The van der Waals surface area contributed by atoms with Crippen molar-refractivity contribution in [2.45, 2.75) is 0 Å². The predicted molar refractivity (Wildman–Crippen MR) is 131 cm³/mol. The van der Waals surface area contributed by atoms with Crippen molar-refractivity contribution >= 4 is 61.2 Å². The average molecular weight is 425 g/mol. The SMILES string of the molecule is C1=CC(n2c3ccncc3c3cnccc32)=CN=CC=1n1c2ccncc2c2cnccc21. The molecule has 0 saturated carbocycles. The Hall–Kier alpha value is -4.87. The Balaban J connectivity index is 1.49. The molecule has 7 nitrogen and oxygen atoms in total. The Morgan fingerprint density at radius 2 is 1.03 bits per heavy atom. The first-order valence-electron chi connectivity index (χ1n) is 10.5. The van der Waals surface area contributed by atoms with E-state index in [0.717, 1.165) is 55.0 Å². The van der Waals surface area contributed by atoms with E-state index in [2.05, 4.69) is 39.8 Å². The van der Waals surface area contributed by atoms with Crippen molar-refractivity contribution in [1.29, 1.82) is 0 Å². The van der Waals surface area contributed by atoms with E-state index in [1.165, 1.54) is 0 Å². The third-order valence-corrected chi connectivity index (χ3v) is 6.01. The molecule has 0 saturated heterocycles. The summed E-state index contributed by atoms with van der Waals surface area (Å²) >= 11 is 0. The first kappa shape index (κ1) is 17.8. The highest BCUT2D eigenvalue weighted by Gasteiger charge is 2.15. The highest BCUT2D eigenvalue weighted by Crippen LogP contribution is 2.32. The summed E-state index contributed by atoms with van der Waals surface area (Å²) in [5.41, 5.74) is 9.38. The number of aromatic nitrogens is 6. The van der Waals surface area contributed by atoms with E-state index < -0.39 is 0 Å². The zero-order valence-electron chi connectivity index (χ0n) is 17.3. The lowest BCUT2D eigenvalue weighted by Crippen LogP contribution is -1.96. The average Bonchev–Trinajstić information content (AvgIpc) is 3.27. The van der Waals surface area contributed by atoms with Gasteiger partial charge in [0.25, 0.3) is 0 Å². The number of fused-ring (bicyclic) bond motifs is 6. The summed E-state index contributed by atoms with van der Waals surface area (Å²) in [6.07, 6.45) is 20.4. The summed E-state index contributed by atoms with van der Waals surface area (Å²) in [5, 5.41) is 4.19. The van der Waals surface area contributed by atoms with Gasteiger partial charge < -0.3 is 9.13 Å². The number of pyridine rings is 4. The van der Waals surface area contributed by atoms with Gasteiger partial charge in [-0.2, -0.15) is 0 Å². The van der Waals surface area contributed by atoms with Crippen molar-refractivity contribution in [2.24, 2.45) is 4.99 Å². The molecular formula is C26H15N7. The van der Waals surface area contributed by atoms with Crippen molar-refractivity contribution in [3.63, 3.8) is 0 Å². The third kappa shape index (κ3) is 2.54. The topological polar surface area (TPSA) is 73.8 Å². The zero-order valence-corrected chi connectivity index (χ0v) is 17.3. The van der Waals surface area contributed by atoms with Gasteiger partial charge in [0.1, 0.15) is 5.70 Å². The van der Waals surface area contributed by atoms with Gasteiger partial charge in [-0.3, -0.25) is 24.9 Å². The van der Waals surface area contributed by atoms with Gasteiger partial charge in [0.2, 0.25) is 0 Å². The van der Waals surface area contributed by atoms with Crippen LogP contribution in [0.1, 0.15) is 0 Å². The second kappa shape index (κ2) is 6.82. The summed E-state index contributed by atoms with van der Waals surface area (Å²) in [4.78, 5) is 21.9. The summed E-state index contributed by atoms with van der Waals surface area (Å²) in [7, 11) is 0. The Morgan fingerprint density at radius 3 is 1.52 bits per heavy atom. The molecule has 33 heavy (non-hydrogen) atoms. The van der Waals surface area contributed by atoms with Gasteiger partial charge in [0.15, 0.2) is 0 Å². The largest absolute Gasteiger partial charge is 0.307 e. The highest BCUT2D eigenvalue weighted by molar-refractivity contribution is 6.15. The number of hydrogen-bond acceptors (Lipinski definition) is 5. The first-order chi connectivity index (χ1) is 16.4. The van der Waals surface area contributed by atoms with Crippen LogP contribution in [0.25, 0.3) is 55.0 Å². The molecule has 1 aliphatic heterocycles. The van der Waals surface area contributed by atoms with Crippen LogP contribution in [0.2, 0.25) is 0 Å². The van der Waals surface area contributed by atoms with Crippen LogP contribution in [0.4, 0.5) is 0 Å². The minimum absolute atomic E-state index is 0.836. The minimum Gasteiger partial charge on any atom is -0.307 e. The highest BCUT2D eigenvalue weighted by atomic mass is 15.0. The third-order valence-electron chi connectivity index (χ3n) is 6.01. The molecule has 6 aromatic heterocycles. The Morgan fingerprint density at radius 1 is 0.576 bits per heavy atom. The van der Waals surface area contributed by atoms with E-state index in [4.69, 9.17) is 0 Å². The molecule has 0 aliphatic carbocycles. The van der Waals surface area contributed by atoms with Crippen LogP contribution in [-0.4, -0.2) is 35.3 Å². The summed E-state index contributed by atoms with van der Waals surface area (Å²) in [6, 6.07) is 8.03. The molecule has 0 unspecified atom stereocenters. The molecule has 0 fully saturated rings. The van der Waals surface area contributed by atoms with Crippen molar-refractivity contribution in [3.05, 3.63) is 91.8 Å². The Labute approximate surface area is 187 Å². The number of rotatable bonds is 2. The molecule has 0 bridgehead atoms. The molecule has 7 rings (SSSR count). The maximum atomic E-state index is 4.65. The molecule has 0 spiro atoms. The van der Waals surface area contributed by atoms with Crippen molar-refractivity contribution in [1.82, 2.24) is 29.1 Å². The van der Waals surface area contributed by atoms with Crippen LogP contribution in [0.5, 0.6) is 0 Å². The van der Waals surface area contributed by atoms with E-state index in [1.54, 1.807) is 24.8 Å². The Kier molecular flexibility index (Phi) is 3.67. The van der Waals surface area contributed by atoms with Crippen molar-refractivity contribution in [3.8, 4) is 0 Å². The summed E-state index contributed by atoms with van der Waals surface area (Å²) in [5.74, 6) is 0. The molecule has 0 N–H and O–H groups in total. The van der Waals surface area contributed by atoms with Gasteiger partial charge in [-0.15, -0.1) is 0 Å². The predicted octanol–water partition coefficient (Wildman–Crippen LogP) is 5.06. The molecule has 7 heterocycles. The lowest BCUT2D eigenvalue weighted by Gasteiger charge is -2.06. The second-order valence-electron chi connectivity index (χ2n) is 7.75. The molecule has 0 aromatic carbocycles. The van der Waals surface area contributed by atoms with Crippen LogP contribution in [0, 0.1) is 0 Å². The summed E-state index contributed by atoms with van der Waals surface area (Å²) < 4.78 is 4.31. The van der Waals surface area contributed by atoms with E-state index in [0.29, 0.717) is 0 Å². The van der Waals surface area contributed by atoms with Crippen molar-refractivity contribution in [2.75, 3.05) is 0 Å². The fourth-order valence-electron chi connectivity index (χ4n) is 4.61. The molecule has 154 valence electrons. The molecule has 0 amide bonds. The fourth-order valence-corrected chi connectivity index (χ4v) is 4.61. The second-order valence-corrected chi connectivity index (χ2v) is 7.75. The van der Waals surface area contributed by atoms with Gasteiger partial charge in [-0.25, -0.2) is 0 Å². The van der Waals surface area contributed by atoms with Gasteiger partial charge in [0, 0.05) is 77.2 Å². The molecule has 1 aliphatic rings. The van der Waals surface area contributed by atoms with Crippen LogP contribution >= 0.6 is 0 Å². The lowest BCUT2D eigenvalue weighted by molar-refractivity contribution is 1.21. The van der Waals surface area contributed by atoms with E-state index >= 15 is 0 Å². The van der Waals surface area contributed by atoms with E-state index in [9.17, 15) is 0 Å². The maximum absolute atomic E-state index is 4.65. The minimum atomic E-state index is 0.836. The quantitative estimate of drug-likeness (QED) is 0.364. The molecule has 7 heteroatoms. The summed E-state index contributed by atoms with van der Waals surface area (Å²) in [6.45, 7) is 0. The molecular weight excluding hydrogens is 410 g/mol. The Bertz CT molecular complexity index is 1750. The monoisotopic (exact) mass is 425 g/mol. The fraction of sp³-hybridized carbons (Fsp3) is 0. The van der Waals surface area contributed by atoms with Crippen LogP contribution in [0.15, 0.2) is 96.8 Å². The van der Waals surface area contributed by atoms with Crippen LogP contribution < -0.4 is 0 Å². The van der Waals surface area contributed by atoms with Crippen LogP contribution in [0.3, 0.4) is 0 Å². The zero-order chi connectivity index (χ0) is 21.8. The van der Waals surface area contributed by atoms with Gasteiger partial charge >= 0.3 is 0 Å². The normalized spacial score (nSPS) is 13.7. The molecule has 6 aromatic rings. The molecule has 0 radical (unpaired) electrons. The smallest absolute Gasteiger partial charge is 0.108 e. The standard InChI is InChI=1S/C26H15N7/c1-2-18(33-25-5-9-29-15-21(25)22-16-30-10-6-26(22)33)12-31-11-17(1)32-23-3-7-27-13-19(23)20-14-28-8-4-24(20)32/h1,3-16H. The van der Waals surface area contributed by atoms with Gasteiger partial charge in [0.05, 0.1) is 40.2 Å². The van der Waals surface area contributed by atoms with Crippen LogP contribution in [-0.2, 0) is 0 Å². The van der Waals surface area contributed by atoms with Gasteiger partial charge in [-0.05, 0) is 24.3 Å². The van der Waals surface area contributed by atoms with E-state index in [1.807, 2.05) is 67.5 Å². The number of nitrogens with zero attached hydrogens (tertiary/aromatic N) is 7. The van der Waals surface area contributed by atoms with Gasteiger partial charge in [-0.1, -0.05) is 5.73 Å².